The molecule has 0 atom stereocenters. The molecule has 2 aromatic rings. The lowest BCUT2D eigenvalue weighted by molar-refractivity contribution is -0.130. The van der Waals surface area contributed by atoms with Crippen molar-refractivity contribution < 1.29 is 14.4 Å². The van der Waals surface area contributed by atoms with Gasteiger partial charge < -0.3 is 15.5 Å². The number of rotatable bonds is 5. The Balaban J connectivity index is 1.65. The maximum Gasteiger partial charge on any atom is 0.258 e. The predicted molar refractivity (Wildman–Crippen MR) is 112 cm³/mol. The number of nitrogens with one attached hydrogen (secondary N) is 2. The average molecular weight is 413 g/mol. The summed E-state index contributed by atoms with van der Waals surface area (Å²) in [5, 5.41) is 6.01. The van der Waals surface area contributed by atoms with Gasteiger partial charge in [-0.05, 0) is 43.2 Å². The van der Waals surface area contributed by atoms with E-state index in [4.69, 9.17) is 11.6 Å². The number of pyridine rings is 1. The van der Waals surface area contributed by atoms with E-state index in [-0.39, 0.29) is 23.6 Å². The number of nitrogens with zero attached hydrogens (tertiary/aromatic N) is 2. The number of likely N-dealkylation sites (tertiary alicyclic amines) is 1. The van der Waals surface area contributed by atoms with Gasteiger partial charge in [-0.15, -0.1) is 0 Å². The van der Waals surface area contributed by atoms with Gasteiger partial charge in [0.1, 0.15) is 5.82 Å². The van der Waals surface area contributed by atoms with Gasteiger partial charge in [-0.2, -0.15) is 0 Å². The first-order valence-corrected chi connectivity index (χ1v) is 9.60. The van der Waals surface area contributed by atoms with Crippen LogP contribution in [0.3, 0.4) is 0 Å². The molecular formula is C21H21ClN4O3. The number of carbonyl (C=O) groups is 3. The predicted octanol–water partition coefficient (Wildman–Crippen LogP) is 3.35. The lowest BCUT2D eigenvalue weighted by Gasteiger charge is -2.30. The molecule has 3 rings (SSSR count). The first-order chi connectivity index (χ1) is 14.0. The number of halogens is 1. The molecule has 0 aliphatic carbocycles. The van der Waals surface area contributed by atoms with Gasteiger partial charge in [0.2, 0.25) is 11.8 Å². The summed E-state index contributed by atoms with van der Waals surface area (Å²) in [6.45, 7) is 4.50. The summed E-state index contributed by atoms with van der Waals surface area (Å²) in [6.07, 6.45) is 3.85. The van der Waals surface area contributed by atoms with Crippen molar-refractivity contribution in [2.45, 2.75) is 12.8 Å². The second kappa shape index (κ2) is 9.34. The molecule has 1 fully saturated rings. The van der Waals surface area contributed by atoms with Crippen LogP contribution in [0.2, 0.25) is 5.02 Å². The SMILES string of the molecule is C=CC(=O)N1CCC(C(=O)Nc2ccccc2C(=O)Nc2ccc(Cl)cn2)CC1. The minimum Gasteiger partial charge on any atom is -0.339 e. The van der Waals surface area contributed by atoms with E-state index in [9.17, 15) is 14.4 Å². The monoisotopic (exact) mass is 412 g/mol. The fourth-order valence-corrected chi connectivity index (χ4v) is 3.26. The van der Waals surface area contributed by atoms with E-state index in [1.54, 1.807) is 41.3 Å². The van der Waals surface area contributed by atoms with Crippen molar-refractivity contribution in [3.05, 3.63) is 65.8 Å². The number of aromatic nitrogens is 1. The number of para-hydroxylation sites is 1. The summed E-state index contributed by atoms with van der Waals surface area (Å²) < 4.78 is 0. The number of hydrogen-bond acceptors (Lipinski definition) is 4. The van der Waals surface area contributed by atoms with Crippen LogP contribution in [-0.4, -0.2) is 40.7 Å². The van der Waals surface area contributed by atoms with Crippen molar-refractivity contribution in [3.8, 4) is 0 Å². The Hall–Kier alpha value is -3.19. The third-order valence-electron chi connectivity index (χ3n) is 4.75. The van der Waals surface area contributed by atoms with Crippen molar-refractivity contribution in [1.29, 1.82) is 0 Å². The standard InChI is InChI=1S/C21H21ClN4O3/c1-2-19(27)26-11-9-14(10-12-26)20(28)24-17-6-4-3-5-16(17)21(29)25-18-8-7-15(22)13-23-18/h2-8,13-14H,1,9-12H2,(H,24,28)(H,23,25,29). The first kappa shape index (κ1) is 20.5. The molecule has 29 heavy (non-hydrogen) atoms. The largest absolute Gasteiger partial charge is 0.339 e. The first-order valence-electron chi connectivity index (χ1n) is 9.22. The van der Waals surface area contributed by atoms with Gasteiger partial charge in [-0.3, -0.25) is 14.4 Å². The van der Waals surface area contributed by atoms with Crippen LogP contribution in [0.4, 0.5) is 11.5 Å². The van der Waals surface area contributed by atoms with Crippen LogP contribution in [0, 0.1) is 5.92 Å². The lowest BCUT2D eigenvalue weighted by Crippen LogP contribution is -2.40. The zero-order chi connectivity index (χ0) is 20.8. The van der Waals surface area contributed by atoms with E-state index in [0.29, 0.717) is 48.0 Å². The fraction of sp³-hybridized carbons (Fsp3) is 0.238. The third-order valence-corrected chi connectivity index (χ3v) is 4.97. The van der Waals surface area contributed by atoms with Gasteiger partial charge in [0, 0.05) is 25.2 Å². The van der Waals surface area contributed by atoms with Gasteiger partial charge in [0.15, 0.2) is 0 Å². The van der Waals surface area contributed by atoms with Crippen LogP contribution in [0.25, 0.3) is 0 Å². The van der Waals surface area contributed by atoms with Gasteiger partial charge in [0.25, 0.3) is 5.91 Å². The highest BCUT2D eigenvalue weighted by molar-refractivity contribution is 6.30. The second-order valence-electron chi connectivity index (χ2n) is 6.65. The van der Waals surface area contributed by atoms with Crippen LogP contribution in [0.5, 0.6) is 0 Å². The molecule has 0 saturated carbocycles. The van der Waals surface area contributed by atoms with Gasteiger partial charge >= 0.3 is 0 Å². The van der Waals surface area contributed by atoms with Crippen molar-refractivity contribution in [2.75, 3.05) is 23.7 Å². The molecule has 0 unspecified atom stereocenters. The summed E-state index contributed by atoms with van der Waals surface area (Å²) in [7, 11) is 0. The van der Waals surface area contributed by atoms with Crippen molar-refractivity contribution in [2.24, 2.45) is 5.92 Å². The second-order valence-corrected chi connectivity index (χ2v) is 7.09. The Morgan fingerprint density at radius 1 is 1.10 bits per heavy atom. The topological polar surface area (TPSA) is 91.4 Å². The Morgan fingerprint density at radius 3 is 2.48 bits per heavy atom. The third kappa shape index (κ3) is 5.20. The summed E-state index contributed by atoms with van der Waals surface area (Å²) in [5.41, 5.74) is 0.755. The van der Waals surface area contributed by atoms with Crippen LogP contribution in [0.15, 0.2) is 55.3 Å². The van der Waals surface area contributed by atoms with Crippen LogP contribution < -0.4 is 10.6 Å². The number of piperidine rings is 1. The highest BCUT2D eigenvalue weighted by Gasteiger charge is 2.27. The summed E-state index contributed by atoms with van der Waals surface area (Å²) >= 11 is 5.81. The molecule has 7 nitrogen and oxygen atoms in total. The van der Waals surface area contributed by atoms with Crippen molar-refractivity contribution in [3.63, 3.8) is 0 Å². The molecule has 0 spiro atoms. The molecule has 0 radical (unpaired) electrons. The number of benzene rings is 1. The Kier molecular flexibility index (Phi) is 6.61. The Bertz CT molecular complexity index is 922. The van der Waals surface area contributed by atoms with Crippen molar-refractivity contribution >= 4 is 40.8 Å². The molecule has 1 aliphatic heterocycles. The zero-order valence-electron chi connectivity index (χ0n) is 15.7. The highest BCUT2D eigenvalue weighted by atomic mass is 35.5. The quantitative estimate of drug-likeness (QED) is 0.736. The number of hydrogen-bond donors (Lipinski definition) is 2. The summed E-state index contributed by atoms with van der Waals surface area (Å²) in [4.78, 5) is 42.7. The molecule has 8 heteroatoms. The minimum atomic E-state index is -0.387. The molecule has 2 N–H and O–H groups in total. The molecule has 1 aromatic carbocycles. The van der Waals surface area contributed by atoms with Crippen LogP contribution >= 0.6 is 11.6 Å². The van der Waals surface area contributed by atoms with E-state index in [0.717, 1.165) is 0 Å². The Labute approximate surface area is 173 Å². The Morgan fingerprint density at radius 2 is 1.83 bits per heavy atom. The molecule has 3 amide bonds. The van der Waals surface area contributed by atoms with E-state index in [1.165, 1.54) is 12.3 Å². The smallest absolute Gasteiger partial charge is 0.258 e. The maximum absolute atomic E-state index is 12.7. The number of anilines is 2. The number of carbonyl (C=O) groups excluding carboxylic acids is 3. The normalized spacial score (nSPS) is 14.2. The van der Waals surface area contributed by atoms with Gasteiger partial charge in [0.05, 0.1) is 16.3 Å². The summed E-state index contributed by atoms with van der Waals surface area (Å²) in [5.74, 6) is -0.540. The van der Waals surface area contributed by atoms with E-state index >= 15 is 0 Å². The maximum atomic E-state index is 12.7. The molecular weight excluding hydrogens is 392 g/mol. The van der Waals surface area contributed by atoms with E-state index in [2.05, 4.69) is 22.2 Å². The zero-order valence-corrected chi connectivity index (χ0v) is 16.5. The highest BCUT2D eigenvalue weighted by Crippen LogP contribution is 2.22. The molecule has 150 valence electrons. The van der Waals surface area contributed by atoms with Crippen LogP contribution in [0.1, 0.15) is 23.2 Å². The molecule has 1 aromatic heterocycles. The minimum absolute atomic E-state index is 0.123. The molecule has 0 bridgehead atoms. The van der Waals surface area contributed by atoms with E-state index < -0.39 is 0 Å². The van der Waals surface area contributed by atoms with Crippen LogP contribution in [-0.2, 0) is 9.59 Å². The lowest BCUT2D eigenvalue weighted by atomic mass is 9.95. The fourth-order valence-electron chi connectivity index (χ4n) is 3.15. The summed E-state index contributed by atoms with van der Waals surface area (Å²) in [6, 6.07) is 10.0. The average Bonchev–Trinajstić information content (AvgIpc) is 2.75. The van der Waals surface area contributed by atoms with Gasteiger partial charge in [-0.1, -0.05) is 30.3 Å². The van der Waals surface area contributed by atoms with Gasteiger partial charge in [-0.25, -0.2) is 4.98 Å². The van der Waals surface area contributed by atoms with E-state index in [1.807, 2.05) is 0 Å². The molecule has 2 heterocycles. The number of amides is 3. The molecule has 1 saturated heterocycles. The van der Waals surface area contributed by atoms with Crippen molar-refractivity contribution in [1.82, 2.24) is 9.88 Å². The molecule has 1 aliphatic rings.